The van der Waals surface area contributed by atoms with Gasteiger partial charge in [0, 0.05) is 6.20 Å². The first kappa shape index (κ1) is 26.7. The number of aliphatic hydroxyl groups is 2. The van der Waals surface area contributed by atoms with Gasteiger partial charge >= 0.3 is 11.6 Å². The Morgan fingerprint density at radius 1 is 1.00 bits per heavy atom. The minimum Gasteiger partial charge on any atom is -0.383 e. The highest BCUT2D eigenvalue weighted by molar-refractivity contribution is 6.03. The summed E-state index contributed by atoms with van der Waals surface area (Å²) in [5.74, 6) is -7.42. The van der Waals surface area contributed by atoms with Crippen LogP contribution in [0.3, 0.4) is 0 Å². The summed E-state index contributed by atoms with van der Waals surface area (Å²) in [6, 6.07) is 17.6. The maximum atomic E-state index is 15.8. The van der Waals surface area contributed by atoms with Crippen LogP contribution in [0.5, 0.6) is 0 Å². The van der Waals surface area contributed by atoms with Crippen LogP contribution in [0.15, 0.2) is 89.9 Å². The van der Waals surface area contributed by atoms with Gasteiger partial charge in [-0.15, -0.1) is 0 Å². The number of hydrogen-bond donors (Lipinski definition) is 3. The number of anilines is 1. The molecule has 1 aromatic heterocycles. The molecule has 9 nitrogen and oxygen atoms in total. The predicted molar refractivity (Wildman–Crippen MR) is 134 cm³/mol. The van der Waals surface area contributed by atoms with Crippen molar-refractivity contribution >= 4 is 29.5 Å². The Morgan fingerprint density at radius 2 is 1.55 bits per heavy atom. The number of aromatic nitrogens is 2. The molecule has 2 heterocycles. The smallest absolute Gasteiger partial charge is 0.351 e. The van der Waals surface area contributed by atoms with E-state index in [4.69, 9.17) is 10.5 Å². The van der Waals surface area contributed by atoms with Crippen LogP contribution < -0.4 is 11.4 Å². The summed E-state index contributed by atoms with van der Waals surface area (Å²) in [5, 5.41) is 22.0. The third-order valence-electron chi connectivity index (χ3n) is 6.03. The molecule has 1 unspecified atom stereocenters. The summed E-state index contributed by atoms with van der Waals surface area (Å²) in [5.41, 5.74) is 1.47. The van der Waals surface area contributed by atoms with E-state index in [1.54, 1.807) is 60.7 Å². The first-order valence-corrected chi connectivity index (χ1v) is 11.4. The quantitative estimate of drug-likeness (QED) is 0.381. The molecule has 0 aliphatic carbocycles. The van der Waals surface area contributed by atoms with Crippen LogP contribution in [0.25, 0.3) is 12.2 Å². The third kappa shape index (κ3) is 4.94. The normalized spacial score (nSPS) is 23.6. The van der Waals surface area contributed by atoms with Crippen LogP contribution in [0.2, 0.25) is 0 Å². The molecule has 1 fully saturated rings. The number of carbonyl (C=O) groups excluding carboxylic acids is 2. The van der Waals surface area contributed by atoms with Crippen molar-refractivity contribution in [3.63, 3.8) is 0 Å². The molecule has 1 aliphatic rings. The van der Waals surface area contributed by atoms with Gasteiger partial charge in [-0.25, -0.2) is 4.79 Å². The van der Waals surface area contributed by atoms with E-state index in [1.165, 1.54) is 12.2 Å². The van der Waals surface area contributed by atoms with Crippen LogP contribution in [0.4, 0.5) is 14.6 Å². The monoisotopic (exact) mass is 523 g/mol. The SMILES string of the molecule is Nc1ccn([C@@H]2O[C@H](C(O)C(=O)C=Cc3ccccc3)[C@](O)(C(=O)C=Cc3ccccc3)C2(F)F)c(=O)n1. The minimum atomic E-state index is -4.50. The van der Waals surface area contributed by atoms with E-state index in [0.717, 1.165) is 18.3 Å². The van der Waals surface area contributed by atoms with Gasteiger partial charge in [-0.1, -0.05) is 72.8 Å². The number of alkyl halides is 2. The van der Waals surface area contributed by atoms with Crippen LogP contribution in [-0.2, 0) is 14.3 Å². The molecule has 4 N–H and O–H groups in total. The minimum absolute atomic E-state index is 0.262. The summed E-state index contributed by atoms with van der Waals surface area (Å²) in [6.45, 7) is 0. The Balaban J connectivity index is 1.74. The van der Waals surface area contributed by atoms with Gasteiger partial charge in [0.2, 0.25) is 11.8 Å². The van der Waals surface area contributed by atoms with Gasteiger partial charge in [0.15, 0.2) is 11.6 Å². The van der Waals surface area contributed by atoms with Gasteiger partial charge < -0.3 is 20.7 Å². The van der Waals surface area contributed by atoms with E-state index < -0.39 is 47.2 Å². The van der Waals surface area contributed by atoms with E-state index in [-0.39, 0.29) is 5.82 Å². The zero-order chi connectivity index (χ0) is 27.5. The molecule has 11 heteroatoms. The van der Waals surface area contributed by atoms with E-state index in [9.17, 15) is 24.6 Å². The van der Waals surface area contributed by atoms with Gasteiger partial charge in [0.1, 0.15) is 18.0 Å². The summed E-state index contributed by atoms with van der Waals surface area (Å²) < 4.78 is 37.2. The van der Waals surface area contributed by atoms with Crippen molar-refractivity contribution in [1.82, 2.24) is 9.55 Å². The summed E-state index contributed by atoms with van der Waals surface area (Å²) >= 11 is 0. The molecule has 4 rings (SSSR count). The number of nitrogens with two attached hydrogens (primary N) is 1. The highest BCUT2D eigenvalue weighted by Crippen LogP contribution is 2.51. The highest BCUT2D eigenvalue weighted by Gasteiger charge is 2.75. The molecular weight excluding hydrogens is 500 g/mol. The fourth-order valence-corrected chi connectivity index (χ4v) is 4.01. The molecule has 0 spiro atoms. The number of halogens is 2. The van der Waals surface area contributed by atoms with E-state index >= 15 is 8.78 Å². The summed E-state index contributed by atoms with van der Waals surface area (Å²) in [6.07, 6.45) is -2.48. The van der Waals surface area contributed by atoms with Crippen LogP contribution >= 0.6 is 0 Å². The van der Waals surface area contributed by atoms with Gasteiger partial charge in [-0.05, 0) is 29.3 Å². The van der Waals surface area contributed by atoms with Crippen LogP contribution in [0.1, 0.15) is 17.4 Å². The van der Waals surface area contributed by atoms with Gasteiger partial charge in [0.25, 0.3) is 0 Å². The Morgan fingerprint density at radius 3 is 2.11 bits per heavy atom. The second kappa shape index (κ2) is 10.6. The van der Waals surface area contributed by atoms with Gasteiger partial charge in [0.05, 0.1) is 0 Å². The van der Waals surface area contributed by atoms with Crippen molar-refractivity contribution in [2.45, 2.75) is 30.0 Å². The average Bonchev–Trinajstić information content (AvgIpc) is 3.12. The fraction of sp³-hybridized carbons (Fsp3) is 0.185. The van der Waals surface area contributed by atoms with E-state index in [0.29, 0.717) is 21.8 Å². The van der Waals surface area contributed by atoms with Crippen molar-refractivity contribution in [2.24, 2.45) is 0 Å². The van der Waals surface area contributed by atoms with Crippen molar-refractivity contribution in [3.8, 4) is 0 Å². The maximum Gasteiger partial charge on any atom is 0.351 e. The van der Waals surface area contributed by atoms with E-state index in [1.807, 2.05) is 0 Å². The van der Waals surface area contributed by atoms with Crippen molar-refractivity contribution in [2.75, 3.05) is 5.73 Å². The number of nitrogen functional groups attached to an aromatic ring is 1. The number of ether oxygens (including phenoxy) is 1. The number of carbonyl (C=O) groups is 2. The predicted octanol–water partition coefficient (Wildman–Crippen LogP) is 2.02. The molecule has 3 aromatic rings. The van der Waals surface area contributed by atoms with Gasteiger partial charge in [-0.3, -0.25) is 14.2 Å². The third-order valence-corrected chi connectivity index (χ3v) is 6.03. The zero-order valence-corrected chi connectivity index (χ0v) is 19.7. The summed E-state index contributed by atoms with van der Waals surface area (Å²) in [4.78, 5) is 41.6. The topological polar surface area (TPSA) is 145 Å². The van der Waals surface area contributed by atoms with Crippen LogP contribution in [0, 0.1) is 0 Å². The lowest BCUT2D eigenvalue weighted by Gasteiger charge is -2.32. The lowest BCUT2D eigenvalue weighted by atomic mass is 9.82. The number of rotatable bonds is 8. The largest absolute Gasteiger partial charge is 0.383 e. The second-order valence-corrected chi connectivity index (χ2v) is 8.54. The molecule has 0 saturated carbocycles. The molecule has 0 amide bonds. The van der Waals surface area contributed by atoms with Crippen LogP contribution in [-0.4, -0.2) is 55.1 Å². The lowest BCUT2D eigenvalue weighted by molar-refractivity contribution is -0.191. The Hall–Kier alpha value is -4.32. The van der Waals surface area contributed by atoms with Crippen molar-refractivity contribution < 1.29 is 33.3 Å². The molecule has 2 aromatic carbocycles. The second-order valence-electron chi connectivity index (χ2n) is 8.54. The summed E-state index contributed by atoms with van der Waals surface area (Å²) in [7, 11) is 0. The molecule has 1 saturated heterocycles. The number of nitrogens with zero attached hydrogens (tertiary/aromatic N) is 2. The maximum absolute atomic E-state index is 15.8. The number of aliphatic hydroxyl groups excluding tert-OH is 1. The highest BCUT2D eigenvalue weighted by atomic mass is 19.3. The lowest BCUT2D eigenvalue weighted by Crippen LogP contribution is -2.62. The van der Waals surface area contributed by atoms with Gasteiger partial charge in [-0.2, -0.15) is 13.8 Å². The van der Waals surface area contributed by atoms with Crippen molar-refractivity contribution in [3.05, 3.63) is 107 Å². The molecule has 196 valence electrons. The Labute approximate surface area is 215 Å². The number of benzene rings is 2. The number of hydrogen-bond acceptors (Lipinski definition) is 8. The fourth-order valence-electron chi connectivity index (χ4n) is 4.01. The Kier molecular flexibility index (Phi) is 7.44. The van der Waals surface area contributed by atoms with E-state index in [2.05, 4.69) is 4.98 Å². The molecule has 0 bridgehead atoms. The zero-order valence-electron chi connectivity index (χ0n) is 19.7. The average molecular weight is 523 g/mol. The standard InChI is InChI=1S/C27H23F2N3O6/c28-27(29)24(32-16-15-21(30)31-25(32)36)38-23(22(35)19(33)13-11-17-7-3-1-4-8-17)26(27,37)20(34)14-12-18-9-5-2-6-10-18/h1-16,22-24,35,37H,(H2,30,31,36)/t22?,23-,24-,26-/m1/s1. The Bertz CT molecular complexity index is 1440. The number of ketones is 2. The molecule has 38 heavy (non-hydrogen) atoms. The molecule has 0 radical (unpaired) electrons. The molecule has 1 aliphatic heterocycles. The first-order valence-electron chi connectivity index (χ1n) is 11.4. The molecular formula is C27H23F2N3O6. The first-order chi connectivity index (χ1) is 18.1. The van der Waals surface area contributed by atoms with Crippen molar-refractivity contribution in [1.29, 1.82) is 0 Å². The molecule has 4 atom stereocenters.